The topological polar surface area (TPSA) is 56.7 Å². The van der Waals surface area contributed by atoms with Gasteiger partial charge in [-0.25, -0.2) is 4.98 Å². The van der Waals surface area contributed by atoms with Crippen LogP contribution in [-0.2, 0) is 13.0 Å². The average molecular weight is 228 g/mol. The summed E-state index contributed by atoms with van der Waals surface area (Å²) in [6.07, 6.45) is 5.46. The van der Waals surface area contributed by atoms with Gasteiger partial charge in [-0.15, -0.1) is 0 Å². The first-order valence-corrected chi connectivity index (χ1v) is 6.03. The number of anilines is 1. The molecule has 0 bridgehead atoms. The normalized spacial score (nSPS) is 14.6. The fraction of sp³-hybridized carbons (Fsp3) is 0.385. The van der Waals surface area contributed by atoms with Crippen LogP contribution in [0.15, 0.2) is 18.3 Å². The van der Waals surface area contributed by atoms with Crippen LogP contribution in [0.1, 0.15) is 24.1 Å². The molecule has 3 rings (SSSR count). The largest absolute Gasteiger partial charge is 0.384 e. The van der Waals surface area contributed by atoms with E-state index in [1.54, 1.807) is 0 Å². The number of hydrogen-bond acceptors (Lipinski definition) is 3. The van der Waals surface area contributed by atoms with Crippen LogP contribution in [0.25, 0.3) is 11.3 Å². The Kier molecular flexibility index (Phi) is 2.35. The summed E-state index contributed by atoms with van der Waals surface area (Å²) in [5.74, 6) is 0.579. The number of nitrogen functional groups attached to an aromatic ring is 1. The zero-order valence-corrected chi connectivity index (χ0v) is 9.98. The summed E-state index contributed by atoms with van der Waals surface area (Å²) in [6, 6.07) is 3.96. The van der Waals surface area contributed by atoms with Crippen molar-refractivity contribution in [1.82, 2.24) is 14.8 Å². The predicted octanol–water partition coefficient (Wildman–Crippen LogP) is 2.17. The van der Waals surface area contributed by atoms with Crippen molar-refractivity contribution in [2.24, 2.45) is 0 Å². The molecule has 0 unspecified atom stereocenters. The Bertz CT molecular complexity index is 536. The maximum absolute atomic E-state index is 5.80. The van der Waals surface area contributed by atoms with E-state index in [2.05, 4.69) is 20.8 Å². The lowest BCUT2D eigenvalue weighted by atomic mass is 10.0. The highest BCUT2D eigenvalue weighted by Crippen LogP contribution is 2.27. The van der Waals surface area contributed by atoms with E-state index in [0.717, 1.165) is 29.8 Å². The van der Waals surface area contributed by atoms with Crippen molar-refractivity contribution in [3.8, 4) is 11.3 Å². The molecule has 0 aliphatic carbocycles. The number of rotatable bonds is 1. The maximum atomic E-state index is 5.80. The zero-order chi connectivity index (χ0) is 11.8. The van der Waals surface area contributed by atoms with E-state index in [-0.39, 0.29) is 0 Å². The van der Waals surface area contributed by atoms with E-state index >= 15 is 0 Å². The predicted molar refractivity (Wildman–Crippen MR) is 67.5 cm³/mol. The van der Waals surface area contributed by atoms with Crippen molar-refractivity contribution >= 4 is 5.82 Å². The number of fused-ring (bicyclic) bond motifs is 1. The van der Waals surface area contributed by atoms with E-state index in [4.69, 9.17) is 5.73 Å². The number of hydrogen-bond donors (Lipinski definition) is 1. The van der Waals surface area contributed by atoms with Crippen LogP contribution < -0.4 is 5.73 Å². The molecule has 88 valence electrons. The molecule has 2 aromatic heterocycles. The van der Waals surface area contributed by atoms with Gasteiger partial charge in [0.05, 0.1) is 11.9 Å². The Balaban J connectivity index is 2.11. The summed E-state index contributed by atoms with van der Waals surface area (Å²) in [4.78, 5) is 4.41. The summed E-state index contributed by atoms with van der Waals surface area (Å²) < 4.78 is 2.10. The summed E-state index contributed by atoms with van der Waals surface area (Å²) in [7, 11) is 0. The van der Waals surface area contributed by atoms with Crippen LogP contribution in [-0.4, -0.2) is 14.8 Å². The fourth-order valence-corrected chi connectivity index (χ4v) is 2.47. The van der Waals surface area contributed by atoms with Gasteiger partial charge in [-0.3, -0.25) is 4.68 Å². The van der Waals surface area contributed by atoms with Crippen LogP contribution in [0, 0.1) is 6.92 Å². The molecular weight excluding hydrogens is 212 g/mol. The Morgan fingerprint density at radius 1 is 1.29 bits per heavy atom. The maximum Gasteiger partial charge on any atom is 0.124 e. The molecule has 17 heavy (non-hydrogen) atoms. The molecular formula is C13H16N4. The lowest BCUT2D eigenvalue weighted by Gasteiger charge is -2.14. The molecule has 0 saturated carbocycles. The molecule has 0 atom stereocenters. The first kappa shape index (κ1) is 10.3. The Morgan fingerprint density at radius 3 is 3.00 bits per heavy atom. The summed E-state index contributed by atoms with van der Waals surface area (Å²) in [5.41, 5.74) is 10.3. The number of pyridine rings is 1. The minimum absolute atomic E-state index is 0.579. The highest BCUT2D eigenvalue weighted by molar-refractivity contribution is 5.64. The Labute approximate surface area is 100 Å². The number of nitrogens with two attached hydrogens (primary N) is 1. The van der Waals surface area contributed by atoms with E-state index < -0.39 is 0 Å². The van der Waals surface area contributed by atoms with Crippen molar-refractivity contribution in [2.45, 2.75) is 32.7 Å². The second-order valence-corrected chi connectivity index (χ2v) is 4.64. The quantitative estimate of drug-likeness (QED) is 0.813. The smallest absolute Gasteiger partial charge is 0.124 e. The van der Waals surface area contributed by atoms with Gasteiger partial charge in [-0.05, 0) is 43.9 Å². The Morgan fingerprint density at radius 2 is 2.18 bits per heavy atom. The van der Waals surface area contributed by atoms with Gasteiger partial charge >= 0.3 is 0 Å². The molecule has 2 N–H and O–H groups in total. The van der Waals surface area contributed by atoms with Crippen molar-refractivity contribution in [1.29, 1.82) is 0 Å². The van der Waals surface area contributed by atoms with Gasteiger partial charge < -0.3 is 5.73 Å². The van der Waals surface area contributed by atoms with Crippen molar-refractivity contribution in [2.75, 3.05) is 5.73 Å². The number of aryl methyl sites for hydroxylation is 2. The minimum Gasteiger partial charge on any atom is -0.384 e. The first-order valence-electron chi connectivity index (χ1n) is 6.03. The molecule has 0 radical (unpaired) electrons. The monoisotopic (exact) mass is 228 g/mol. The second-order valence-electron chi connectivity index (χ2n) is 4.64. The molecule has 0 saturated heterocycles. The van der Waals surface area contributed by atoms with Gasteiger partial charge in [0.1, 0.15) is 5.82 Å². The molecule has 3 heterocycles. The standard InChI is InChI=1S/C13H16N4/c1-9-6-11(16-13(14)7-9)10-8-15-17-5-3-2-4-12(10)17/h6-8H,2-5H2,1H3,(H2,14,16). The summed E-state index contributed by atoms with van der Waals surface area (Å²) in [6.45, 7) is 3.06. The van der Waals surface area contributed by atoms with Gasteiger partial charge in [0.25, 0.3) is 0 Å². The van der Waals surface area contributed by atoms with Gasteiger partial charge in [-0.2, -0.15) is 5.10 Å². The Hall–Kier alpha value is -1.84. The molecule has 0 aromatic carbocycles. The van der Waals surface area contributed by atoms with Gasteiger partial charge in [0.2, 0.25) is 0 Å². The second kappa shape index (κ2) is 3.87. The minimum atomic E-state index is 0.579. The molecule has 1 aliphatic rings. The third-order valence-electron chi connectivity index (χ3n) is 3.25. The SMILES string of the molecule is Cc1cc(N)nc(-c2cnn3c2CCCC3)c1. The molecule has 0 spiro atoms. The highest BCUT2D eigenvalue weighted by atomic mass is 15.3. The van der Waals surface area contributed by atoms with Crippen LogP contribution in [0.4, 0.5) is 5.82 Å². The van der Waals surface area contributed by atoms with Gasteiger partial charge in [0.15, 0.2) is 0 Å². The van der Waals surface area contributed by atoms with Crippen LogP contribution >= 0.6 is 0 Å². The van der Waals surface area contributed by atoms with Crippen molar-refractivity contribution in [3.05, 3.63) is 29.6 Å². The highest BCUT2D eigenvalue weighted by Gasteiger charge is 2.16. The summed E-state index contributed by atoms with van der Waals surface area (Å²) in [5, 5.41) is 4.43. The summed E-state index contributed by atoms with van der Waals surface area (Å²) >= 11 is 0. The van der Waals surface area contributed by atoms with E-state index in [1.807, 2.05) is 19.2 Å². The number of aromatic nitrogens is 3. The van der Waals surface area contributed by atoms with Crippen LogP contribution in [0.2, 0.25) is 0 Å². The third kappa shape index (κ3) is 1.79. The lowest BCUT2D eigenvalue weighted by molar-refractivity contribution is 0.487. The molecule has 0 fully saturated rings. The molecule has 4 heteroatoms. The van der Waals surface area contributed by atoms with E-state index in [9.17, 15) is 0 Å². The molecule has 2 aromatic rings. The van der Waals surface area contributed by atoms with E-state index in [1.165, 1.54) is 18.5 Å². The molecule has 0 amide bonds. The van der Waals surface area contributed by atoms with E-state index in [0.29, 0.717) is 5.82 Å². The van der Waals surface area contributed by atoms with Crippen LogP contribution in [0.5, 0.6) is 0 Å². The van der Waals surface area contributed by atoms with Gasteiger partial charge in [-0.1, -0.05) is 0 Å². The lowest BCUT2D eigenvalue weighted by Crippen LogP contribution is -2.11. The first-order chi connectivity index (χ1) is 8.24. The number of nitrogens with zero attached hydrogens (tertiary/aromatic N) is 3. The molecule has 4 nitrogen and oxygen atoms in total. The average Bonchev–Trinajstić information content (AvgIpc) is 2.71. The third-order valence-corrected chi connectivity index (χ3v) is 3.25. The zero-order valence-electron chi connectivity index (χ0n) is 9.98. The van der Waals surface area contributed by atoms with Crippen molar-refractivity contribution < 1.29 is 0 Å². The van der Waals surface area contributed by atoms with Gasteiger partial charge in [0, 0.05) is 17.8 Å². The molecule has 1 aliphatic heterocycles. The van der Waals surface area contributed by atoms with Crippen LogP contribution in [0.3, 0.4) is 0 Å². The fourth-order valence-electron chi connectivity index (χ4n) is 2.47. The van der Waals surface area contributed by atoms with Crippen molar-refractivity contribution in [3.63, 3.8) is 0 Å².